The molecule has 0 radical (unpaired) electrons. The monoisotopic (exact) mass is 500 g/mol. The Kier molecular flexibility index (Phi) is 7.96. The highest BCUT2D eigenvalue weighted by molar-refractivity contribution is 6.37. The van der Waals surface area contributed by atoms with Gasteiger partial charge in [0.05, 0.1) is 21.3 Å². The molecule has 3 aromatic rings. The third-order valence-electron chi connectivity index (χ3n) is 4.40. The predicted molar refractivity (Wildman–Crippen MR) is 128 cm³/mol. The average Bonchev–Trinajstić information content (AvgIpc) is 2.78. The molecule has 6 nitrogen and oxygen atoms in total. The molecular formula is C24H15Cl3N2O4. The molecule has 3 rings (SSSR count). The zero-order chi connectivity index (χ0) is 24.0. The summed E-state index contributed by atoms with van der Waals surface area (Å²) in [6.45, 7) is 0.209. The summed E-state index contributed by atoms with van der Waals surface area (Å²) in [5.74, 6) is -1.73. The maximum Gasteiger partial charge on any atom is 0.337 e. The second-order valence-corrected chi connectivity index (χ2v) is 7.95. The third kappa shape index (κ3) is 6.27. The fraction of sp³-hybridized carbons (Fsp3) is 0.0417. The van der Waals surface area contributed by atoms with Crippen LogP contribution in [0.3, 0.4) is 0 Å². The van der Waals surface area contributed by atoms with Crippen molar-refractivity contribution < 1.29 is 19.4 Å². The van der Waals surface area contributed by atoms with E-state index in [0.717, 1.165) is 5.56 Å². The van der Waals surface area contributed by atoms with E-state index >= 15 is 0 Å². The zero-order valence-corrected chi connectivity index (χ0v) is 19.1. The third-order valence-corrected chi connectivity index (χ3v) is 5.21. The number of halogens is 3. The molecule has 0 spiro atoms. The Hall–Kier alpha value is -3.50. The van der Waals surface area contributed by atoms with Gasteiger partial charge in [-0.05, 0) is 53.6 Å². The van der Waals surface area contributed by atoms with Gasteiger partial charge >= 0.3 is 5.97 Å². The van der Waals surface area contributed by atoms with Gasteiger partial charge < -0.3 is 15.2 Å². The predicted octanol–water partition coefficient (Wildman–Crippen LogP) is 6.47. The summed E-state index contributed by atoms with van der Waals surface area (Å²) in [6.07, 6.45) is 1.29. The topological polar surface area (TPSA) is 99.4 Å². The van der Waals surface area contributed by atoms with Gasteiger partial charge in [-0.2, -0.15) is 5.26 Å². The molecule has 0 aliphatic carbocycles. The molecule has 3 aromatic carbocycles. The standard InChI is InChI=1S/C24H15Cl3N2O4/c25-17-7-5-14(6-8-17)13-33-22-19(26)10-15(11-20(22)27)9-16(12-28)23(30)29-21-4-2-1-3-18(21)24(31)32/h1-11H,13H2,(H,29,30)(H,31,32)/b16-9+. The molecule has 0 aliphatic heterocycles. The van der Waals surface area contributed by atoms with Gasteiger partial charge in [0, 0.05) is 5.02 Å². The summed E-state index contributed by atoms with van der Waals surface area (Å²) >= 11 is 18.5. The minimum Gasteiger partial charge on any atom is -0.486 e. The summed E-state index contributed by atoms with van der Waals surface area (Å²) in [5.41, 5.74) is 0.953. The van der Waals surface area contributed by atoms with Crippen molar-refractivity contribution in [2.75, 3.05) is 5.32 Å². The number of carbonyl (C=O) groups excluding carboxylic acids is 1. The lowest BCUT2D eigenvalue weighted by molar-refractivity contribution is -0.112. The van der Waals surface area contributed by atoms with Crippen molar-refractivity contribution in [2.24, 2.45) is 0 Å². The summed E-state index contributed by atoms with van der Waals surface area (Å²) in [6, 6.07) is 17.8. The number of carboxylic acids is 1. The number of para-hydroxylation sites is 1. The van der Waals surface area contributed by atoms with Crippen molar-refractivity contribution in [1.82, 2.24) is 0 Å². The molecule has 0 unspecified atom stereocenters. The molecule has 0 saturated heterocycles. The maximum absolute atomic E-state index is 12.5. The first-order valence-electron chi connectivity index (χ1n) is 9.40. The molecule has 0 fully saturated rings. The van der Waals surface area contributed by atoms with Gasteiger partial charge in [-0.25, -0.2) is 4.79 Å². The number of rotatable bonds is 7. The van der Waals surface area contributed by atoms with Crippen molar-refractivity contribution >= 4 is 58.4 Å². The fourth-order valence-electron chi connectivity index (χ4n) is 2.82. The van der Waals surface area contributed by atoms with Crippen LogP contribution in [0.5, 0.6) is 5.75 Å². The van der Waals surface area contributed by atoms with Crippen molar-refractivity contribution in [1.29, 1.82) is 5.26 Å². The Morgan fingerprint density at radius 1 is 1.03 bits per heavy atom. The summed E-state index contributed by atoms with van der Waals surface area (Å²) in [7, 11) is 0. The van der Waals surface area contributed by atoms with Crippen LogP contribution in [0.4, 0.5) is 5.69 Å². The number of nitriles is 1. The van der Waals surface area contributed by atoms with Gasteiger partial charge in [-0.1, -0.05) is 59.1 Å². The number of amides is 1. The molecule has 0 atom stereocenters. The van der Waals surface area contributed by atoms with Crippen molar-refractivity contribution in [3.8, 4) is 11.8 Å². The summed E-state index contributed by atoms with van der Waals surface area (Å²) < 4.78 is 5.71. The molecule has 2 N–H and O–H groups in total. The largest absolute Gasteiger partial charge is 0.486 e. The number of hydrogen-bond donors (Lipinski definition) is 2. The van der Waals surface area contributed by atoms with Crippen LogP contribution in [-0.2, 0) is 11.4 Å². The van der Waals surface area contributed by atoms with E-state index in [0.29, 0.717) is 10.6 Å². The van der Waals surface area contributed by atoms with Gasteiger partial charge in [0.25, 0.3) is 5.91 Å². The minimum absolute atomic E-state index is 0.0677. The number of nitrogens with zero attached hydrogens (tertiary/aromatic N) is 1. The quantitative estimate of drug-likeness (QED) is 0.285. The van der Waals surface area contributed by atoms with E-state index < -0.39 is 11.9 Å². The Labute approximate surface area is 204 Å². The van der Waals surface area contributed by atoms with Gasteiger partial charge in [0.15, 0.2) is 5.75 Å². The summed E-state index contributed by atoms with van der Waals surface area (Å²) in [5, 5.41) is 22.1. The number of ether oxygens (including phenoxy) is 1. The van der Waals surface area contributed by atoms with Gasteiger partial charge in [0.2, 0.25) is 0 Å². The number of aromatic carboxylic acids is 1. The second-order valence-electron chi connectivity index (χ2n) is 6.70. The lowest BCUT2D eigenvalue weighted by Gasteiger charge is -2.11. The van der Waals surface area contributed by atoms with Crippen LogP contribution in [0.15, 0.2) is 66.2 Å². The number of nitrogens with one attached hydrogen (secondary N) is 1. The highest BCUT2D eigenvalue weighted by Crippen LogP contribution is 2.35. The first kappa shape index (κ1) is 24.1. The Balaban J connectivity index is 1.79. The molecular weight excluding hydrogens is 487 g/mol. The lowest BCUT2D eigenvalue weighted by atomic mass is 10.1. The van der Waals surface area contributed by atoms with E-state index in [1.54, 1.807) is 24.3 Å². The first-order valence-corrected chi connectivity index (χ1v) is 10.5. The van der Waals surface area contributed by atoms with Gasteiger partial charge in [0.1, 0.15) is 18.2 Å². The molecule has 0 heterocycles. The smallest absolute Gasteiger partial charge is 0.337 e. The molecule has 1 amide bonds. The van der Waals surface area contributed by atoms with E-state index in [9.17, 15) is 20.0 Å². The van der Waals surface area contributed by atoms with Crippen molar-refractivity contribution in [3.63, 3.8) is 0 Å². The van der Waals surface area contributed by atoms with Crippen LogP contribution in [0.2, 0.25) is 15.1 Å². The Morgan fingerprint density at radius 3 is 2.27 bits per heavy atom. The van der Waals surface area contributed by atoms with Crippen LogP contribution in [0.1, 0.15) is 21.5 Å². The Bertz CT molecular complexity index is 1260. The molecule has 0 bridgehead atoms. The van der Waals surface area contributed by atoms with Crippen LogP contribution in [0.25, 0.3) is 6.08 Å². The molecule has 33 heavy (non-hydrogen) atoms. The van der Waals surface area contributed by atoms with Crippen LogP contribution in [-0.4, -0.2) is 17.0 Å². The highest BCUT2D eigenvalue weighted by Gasteiger charge is 2.16. The molecule has 166 valence electrons. The number of benzene rings is 3. The van der Waals surface area contributed by atoms with Crippen LogP contribution >= 0.6 is 34.8 Å². The van der Waals surface area contributed by atoms with Crippen LogP contribution in [0, 0.1) is 11.3 Å². The highest BCUT2D eigenvalue weighted by atomic mass is 35.5. The van der Waals surface area contributed by atoms with Gasteiger partial charge in [-0.3, -0.25) is 4.79 Å². The Morgan fingerprint density at radius 2 is 1.67 bits per heavy atom. The molecule has 0 aliphatic rings. The normalized spacial score (nSPS) is 10.9. The average molecular weight is 502 g/mol. The number of carbonyl (C=O) groups is 2. The first-order chi connectivity index (χ1) is 15.8. The summed E-state index contributed by atoms with van der Waals surface area (Å²) in [4.78, 5) is 23.9. The van der Waals surface area contributed by atoms with E-state index in [1.165, 1.54) is 36.4 Å². The minimum atomic E-state index is -1.21. The fourth-order valence-corrected chi connectivity index (χ4v) is 3.56. The number of hydrogen-bond acceptors (Lipinski definition) is 4. The van der Waals surface area contributed by atoms with Gasteiger partial charge in [-0.15, -0.1) is 0 Å². The van der Waals surface area contributed by atoms with Crippen molar-refractivity contribution in [2.45, 2.75) is 6.61 Å². The SMILES string of the molecule is N#C/C(=C\c1cc(Cl)c(OCc2ccc(Cl)cc2)c(Cl)c1)C(=O)Nc1ccccc1C(=O)O. The van der Waals surface area contributed by atoms with E-state index in [-0.39, 0.29) is 39.2 Å². The number of carboxylic acid groups (broad SMARTS) is 1. The van der Waals surface area contributed by atoms with E-state index in [4.69, 9.17) is 39.5 Å². The van der Waals surface area contributed by atoms with E-state index in [2.05, 4.69) is 5.32 Å². The number of anilines is 1. The second kappa shape index (κ2) is 10.9. The maximum atomic E-state index is 12.5. The lowest BCUT2D eigenvalue weighted by Crippen LogP contribution is -2.16. The zero-order valence-electron chi connectivity index (χ0n) is 16.8. The molecule has 9 heteroatoms. The molecule has 0 aromatic heterocycles. The molecule has 0 saturated carbocycles. The van der Waals surface area contributed by atoms with E-state index in [1.807, 2.05) is 12.1 Å². The van der Waals surface area contributed by atoms with Crippen LogP contribution < -0.4 is 10.1 Å². The van der Waals surface area contributed by atoms with Crippen molar-refractivity contribution in [3.05, 3.63) is 98.0 Å².